The van der Waals surface area contributed by atoms with E-state index in [1.54, 1.807) is 0 Å². The Bertz CT molecular complexity index is 946. The first-order valence-corrected chi connectivity index (χ1v) is 12.1. The summed E-state index contributed by atoms with van der Waals surface area (Å²) < 4.78 is 42.2. The number of benzene rings is 2. The van der Waals surface area contributed by atoms with Crippen molar-refractivity contribution in [2.24, 2.45) is 0 Å². The molecule has 1 aliphatic carbocycles. The first-order valence-electron chi connectivity index (χ1n) is 8.53. The van der Waals surface area contributed by atoms with E-state index in [0.717, 1.165) is 39.2 Å². The molecule has 1 saturated carbocycles. The normalized spacial score (nSPS) is 15.5. The molecule has 3 rings (SSSR count). The van der Waals surface area contributed by atoms with Crippen molar-refractivity contribution < 1.29 is 22.5 Å². The molecule has 2 aromatic carbocycles. The molecule has 0 unspecified atom stereocenters. The van der Waals surface area contributed by atoms with Gasteiger partial charge in [0.25, 0.3) is 0 Å². The Kier molecular flexibility index (Phi) is 6.80. The van der Waals surface area contributed by atoms with E-state index in [4.69, 9.17) is 4.74 Å². The van der Waals surface area contributed by atoms with Crippen molar-refractivity contribution in [2.75, 3.05) is 0 Å². The molecule has 0 spiro atoms. The van der Waals surface area contributed by atoms with Gasteiger partial charge in [0.15, 0.2) is 5.75 Å². The molecule has 27 heavy (non-hydrogen) atoms. The summed E-state index contributed by atoms with van der Waals surface area (Å²) in [5.74, 6) is -0.116. The van der Waals surface area contributed by atoms with Crippen LogP contribution in [0.15, 0.2) is 41.3 Å². The summed E-state index contributed by atoms with van der Waals surface area (Å²) in [6.45, 7) is 0. The lowest BCUT2D eigenvalue weighted by atomic mass is 9.83. The van der Waals surface area contributed by atoms with Gasteiger partial charge in [-0.1, -0.05) is 25.3 Å². The molecule has 1 fully saturated rings. The fourth-order valence-electron chi connectivity index (χ4n) is 3.37. The molecule has 0 bridgehead atoms. The molecule has 0 aliphatic heterocycles. The number of halogens is 2. The average molecular weight is 611 g/mol. The van der Waals surface area contributed by atoms with Crippen LogP contribution in [-0.4, -0.2) is 18.9 Å². The fraction of sp³-hybridized carbons (Fsp3) is 0.316. The topological polar surface area (TPSA) is 83.5 Å². The average Bonchev–Trinajstić information content (AvgIpc) is 2.64. The molecule has 144 valence electrons. The van der Waals surface area contributed by atoms with Crippen LogP contribution in [0.1, 0.15) is 53.9 Å². The number of hydrogen-bond donors (Lipinski definition) is 0. The number of carbonyl (C=O) groups excluding carboxylic acids is 1. The van der Waals surface area contributed by atoms with Crippen LogP contribution in [-0.2, 0) is 10.1 Å². The molecule has 5 nitrogen and oxygen atoms in total. The van der Waals surface area contributed by atoms with E-state index in [1.165, 1.54) is 18.2 Å². The van der Waals surface area contributed by atoms with Gasteiger partial charge >= 0.3 is 5.97 Å². The molecule has 0 aromatic heterocycles. The summed E-state index contributed by atoms with van der Waals surface area (Å²) in [7, 11) is -4.60. The standard InChI is InChI=1S/C19H18I2O5S/c20-15-7-4-8-16(21)18(15)26-19(22)13-9-10-17(27(23,24)25)14(11-13)12-5-2-1-3-6-12/h4,7-12H,1-3,5-6H2,(H,23,24,25)/p-1. The maximum absolute atomic E-state index is 12.7. The Balaban J connectivity index is 1.97. The summed E-state index contributed by atoms with van der Waals surface area (Å²) in [5.41, 5.74) is 0.690. The Labute approximate surface area is 185 Å². The molecule has 0 N–H and O–H groups in total. The summed E-state index contributed by atoms with van der Waals surface area (Å²) in [4.78, 5) is 12.4. The van der Waals surface area contributed by atoms with Crippen LogP contribution in [0, 0.1) is 7.14 Å². The first-order chi connectivity index (χ1) is 12.8. The summed E-state index contributed by atoms with van der Waals surface area (Å²) in [6.07, 6.45) is 4.70. The third-order valence-electron chi connectivity index (χ3n) is 4.67. The van der Waals surface area contributed by atoms with Gasteiger partial charge in [-0.2, -0.15) is 0 Å². The van der Waals surface area contributed by atoms with E-state index in [9.17, 15) is 17.8 Å². The third-order valence-corrected chi connectivity index (χ3v) is 7.28. The Morgan fingerprint density at radius 1 is 1.04 bits per heavy atom. The van der Waals surface area contributed by atoms with Gasteiger partial charge in [-0.3, -0.25) is 0 Å². The second kappa shape index (κ2) is 8.75. The minimum absolute atomic E-state index is 0.0257. The number of para-hydroxylation sites is 1. The maximum atomic E-state index is 12.7. The van der Waals surface area contributed by atoms with Crippen LogP contribution in [0.25, 0.3) is 0 Å². The van der Waals surface area contributed by atoms with Gasteiger partial charge in [0.1, 0.15) is 10.1 Å². The zero-order valence-electron chi connectivity index (χ0n) is 14.3. The highest BCUT2D eigenvalue weighted by atomic mass is 127. The minimum Gasteiger partial charge on any atom is -0.744 e. The highest BCUT2D eigenvalue weighted by molar-refractivity contribution is 14.1. The lowest BCUT2D eigenvalue weighted by Gasteiger charge is -2.25. The first kappa shape index (κ1) is 21.0. The van der Waals surface area contributed by atoms with Gasteiger partial charge in [0, 0.05) is 0 Å². The van der Waals surface area contributed by atoms with Gasteiger partial charge in [0.05, 0.1) is 17.6 Å². The molecule has 0 atom stereocenters. The van der Waals surface area contributed by atoms with E-state index in [1.807, 2.05) is 18.2 Å². The van der Waals surface area contributed by atoms with Crippen molar-refractivity contribution in [3.63, 3.8) is 0 Å². The number of ether oxygens (including phenoxy) is 1. The molecule has 0 saturated heterocycles. The fourth-order valence-corrected chi connectivity index (χ4v) is 5.85. The van der Waals surface area contributed by atoms with E-state index < -0.39 is 16.1 Å². The Morgan fingerprint density at radius 3 is 2.26 bits per heavy atom. The molecule has 0 heterocycles. The van der Waals surface area contributed by atoms with Gasteiger partial charge in [-0.15, -0.1) is 0 Å². The van der Waals surface area contributed by atoms with Gasteiger partial charge in [0.2, 0.25) is 0 Å². The molecular formula is C19H17I2O5S-. The monoisotopic (exact) mass is 611 g/mol. The zero-order chi connectivity index (χ0) is 19.6. The van der Waals surface area contributed by atoms with Crippen molar-refractivity contribution >= 4 is 61.3 Å². The quantitative estimate of drug-likeness (QED) is 0.209. The van der Waals surface area contributed by atoms with Crippen LogP contribution in [0.4, 0.5) is 0 Å². The largest absolute Gasteiger partial charge is 0.744 e. The molecule has 8 heteroatoms. The lowest BCUT2D eigenvalue weighted by Crippen LogP contribution is -2.15. The van der Waals surface area contributed by atoms with E-state index in [0.29, 0.717) is 11.3 Å². The predicted octanol–water partition coefficient (Wildman–Crippen LogP) is 5.07. The van der Waals surface area contributed by atoms with E-state index >= 15 is 0 Å². The SMILES string of the molecule is O=C(Oc1c(I)cccc1I)c1ccc(S(=O)(=O)[O-])c(C2CCCCC2)c1. The summed E-state index contributed by atoms with van der Waals surface area (Å²) in [6, 6.07) is 9.66. The van der Waals surface area contributed by atoms with Crippen molar-refractivity contribution in [2.45, 2.75) is 42.9 Å². The predicted molar refractivity (Wildman–Crippen MR) is 117 cm³/mol. The molecular weight excluding hydrogens is 594 g/mol. The molecule has 0 amide bonds. The van der Waals surface area contributed by atoms with Gasteiger partial charge in [-0.25, -0.2) is 13.2 Å². The summed E-state index contributed by atoms with van der Waals surface area (Å²) in [5, 5.41) is 0. The zero-order valence-corrected chi connectivity index (χ0v) is 19.4. The highest BCUT2D eigenvalue weighted by Gasteiger charge is 2.23. The number of esters is 1. The van der Waals surface area contributed by atoms with E-state index in [-0.39, 0.29) is 16.4 Å². The van der Waals surface area contributed by atoms with Crippen molar-refractivity contribution in [1.82, 2.24) is 0 Å². The third kappa shape index (κ3) is 5.01. The van der Waals surface area contributed by atoms with Crippen LogP contribution >= 0.6 is 45.2 Å². The van der Waals surface area contributed by atoms with Crippen LogP contribution in [0.3, 0.4) is 0 Å². The van der Waals surface area contributed by atoms with Crippen LogP contribution in [0.5, 0.6) is 5.75 Å². The Morgan fingerprint density at radius 2 is 1.67 bits per heavy atom. The maximum Gasteiger partial charge on any atom is 0.343 e. The molecule has 0 radical (unpaired) electrons. The van der Waals surface area contributed by atoms with Crippen molar-refractivity contribution in [1.29, 1.82) is 0 Å². The second-order valence-corrected chi connectivity index (χ2v) is 10.2. The highest BCUT2D eigenvalue weighted by Crippen LogP contribution is 2.37. The van der Waals surface area contributed by atoms with Gasteiger partial charge in [-0.05, 0) is 99.8 Å². The summed E-state index contributed by atoms with van der Waals surface area (Å²) >= 11 is 4.19. The lowest BCUT2D eigenvalue weighted by molar-refractivity contribution is 0.0731. The van der Waals surface area contributed by atoms with Crippen molar-refractivity contribution in [3.05, 3.63) is 54.7 Å². The number of rotatable bonds is 4. The number of carbonyl (C=O) groups is 1. The molecule has 1 aliphatic rings. The van der Waals surface area contributed by atoms with Crippen LogP contribution in [0.2, 0.25) is 0 Å². The number of hydrogen-bond acceptors (Lipinski definition) is 5. The molecule has 2 aromatic rings. The second-order valence-electron chi connectivity index (χ2n) is 6.48. The minimum atomic E-state index is -4.60. The van der Waals surface area contributed by atoms with E-state index in [2.05, 4.69) is 45.2 Å². The van der Waals surface area contributed by atoms with Crippen LogP contribution < -0.4 is 4.74 Å². The Hall–Kier alpha value is -0.720. The van der Waals surface area contributed by atoms with Crippen molar-refractivity contribution in [3.8, 4) is 5.75 Å². The smallest absolute Gasteiger partial charge is 0.343 e. The van der Waals surface area contributed by atoms with Gasteiger partial charge < -0.3 is 9.29 Å².